The van der Waals surface area contributed by atoms with Crippen LogP contribution in [0.2, 0.25) is 0 Å². The average molecular weight is 308 g/mol. The molecular formula is C16H24N2O2S. The van der Waals surface area contributed by atoms with Gasteiger partial charge in [0.05, 0.1) is 4.90 Å². The van der Waals surface area contributed by atoms with Gasteiger partial charge in [-0.1, -0.05) is 31.5 Å². The molecule has 2 fully saturated rings. The van der Waals surface area contributed by atoms with Crippen molar-refractivity contribution in [2.45, 2.75) is 50.1 Å². The molecule has 3 atom stereocenters. The molecule has 5 heteroatoms. The summed E-state index contributed by atoms with van der Waals surface area (Å²) in [5.74, 6) is 1.28. The third-order valence-electron chi connectivity index (χ3n) is 4.87. The van der Waals surface area contributed by atoms with Crippen molar-refractivity contribution < 1.29 is 8.42 Å². The van der Waals surface area contributed by atoms with Gasteiger partial charge in [0.2, 0.25) is 10.0 Å². The third-order valence-corrected chi connectivity index (χ3v) is 6.46. The quantitative estimate of drug-likeness (QED) is 0.847. The van der Waals surface area contributed by atoms with Crippen LogP contribution in [0, 0.1) is 11.8 Å². The van der Waals surface area contributed by atoms with Crippen molar-refractivity contribution in [3.8, 4) is 0 Å². The van der Waals surface area contributed by atoms with Crippen LogP contribution >= 0.6 is 0 Å². The molecule has 0 amide bonds. The zero-order valence-corrected chi connectivity index (χ0v) is 13.3. The molecule has 3 rings (SSSR count). The van der Waals surface area contributed by atoms with Crippen LogP contribution in [0.25, 0.3) is 0 Å². The van der Waals surface area contributed by atoms with Gasteiger partial charge in [-0.15, -0.1) is 0 Å². The second-order valence-electron chi connectivity index (χ2n) is 6.29. The second kappa shape index (κ2) is 6.07. The van der Waals surface area contributed by atoms with Crippen molar-refractivity contribution in [3.63, 3.8) is 0 Å². The minimum absolute atomic E-state index is 0.140. The zero-order chi connectivity index (χ0) is 14.9. The average Bonchev–Trinajstić information content (AvgIpc) is 3.07. The molecule has 0 aromatic heterocycles. The number of rotatable bonds is 6. The van der Waals surface area contributed by atoms with Gasteiger partial charge in [-0.05, 0) is 49.3 Å². The maximum atomic E-state index is 12.7. The summed E-state index contributed by atoms with van der Waals surface area (Å²) in [7, 11) is -3.42. The molecule has 0 heterocycles. The van der Waals surface area contributed by atoms with Gasteiger partial charge in [0.15, 0.2) is 0 Å². The van der Waals surface area contributed by atoms with Gasteiger partial charge < -0.3 is 5.32 Å². The molecular weight excluding hydrogens is 284 g/mol. The highest BCUT2D eigenvalue weighted by Crippen LogP contribution is 2.44. The van der Waals surface area contributed by atoms with Crippen LogP contribution in [-0.2, 0) is 16.6 Å². The van der Waals surface area contributed by atoms with Crippen molar-refractivity contribution in [1.29, 1.82) is 0 Å². The lowest BCUT2D eigenvalue weighted by atomic mass is 9.96. The van der Waals surface area contributed by atoms with Gasteiger partial charge in [0, 0.05) is 12.6 Å². The van der Waals surface area contributed by atoms with Gasteiger partial charge in [0.25, 0.3) is 0 Å². The van der Waals surface area contributed by atoms with E-state index in [1.165, 1.54) is 19.3 Å². The standard InChI is InChI=1S/C16H24N2O2S/c1-2-17-11-14-5-3-4-6-16(14)21(19,20)18-15-10-12-7-8-13(15)9-12/h3-6,12-13,15,17-18H,2,7-11H2,1H3. The lowest BCUT2D eigenvalue weighted by Crippen LogP contribution is -2.38. The largest absolute Gasteiger partial charge is 0.313 e. The van der Waals surface area contributed by atoms with Gasteiger partial charge in [-0.3, -0.25) is 0 Å². The topological polar surface area (TPSA) is 58.2 Å². The summed E-state index contributed by atoms with van der Waals surface area (Å²) in [5.41, 5.74) is 0.843. The molecule has 0 aliphatic heterocycles. The van der Waals surface area contributed by atoms with Crippen molar-refractivity contribution >= 4 is 10.0 Å². The first-order chi connectivity index (χ1) is 10.1. The SMILES string of the molecule is CCNCc1ccccc1S(=O)(=O)NC1CC2CCC1C2. The van der Waals surface area contributed by atoms with Gasteiger partial charge in [-0.25, -0.2) is 13.1 Å². The van der Waals surface area contributed by atoms with E-state index in [2.05, 4.69) is 10.0 Å². The molecule has 2 bridgehead atoms. The first-order valence-electron chi connectivity index (χ1n) is 7.91. The number of sulfonamides is 1. The Morgan fingerprint density at radius 2 is 2.00 bits per heavy atom. The Balaban J connectivity index is 1.78. The van der Waals surface area contributed by atoms with E-state index in [1.807, 2.05) is 19.1 Å². The van der Waals surface area contributed by atoms with Crippen LogP contribution in [0.1, 0.15) is 38.2 Å². The lowest BCUT2D eigenvalue weighted by molar-refractivity contribution is 0.390. The summed E-state index contributed by atoms with van der Waals surface area (Å²) in [6.45, 7) is 3.43. The maximum Gasteiger partial charge on any atom is 0.241 e. The van der Waals surface area contributed by atoms with E-state index in [9.17, 15) is 8.42 Å². The van der Waals surface area contributed by atoms with E-state index in [4.69, 9.17) is 0 Å². The Morgan fingerprint density at radius 3 is 2.67 bits per heavy atom. The van der Waals surface area contributed by atoms with E-state index in [0.29, 0.717) is 17.4 Å². The minimum atomic E-state index is -3.42. The fourth-order valence-electron chi connectivity index (χ4n) is 3.82. The highest BCUT2D eigenvalue weighted by molar-refractivity contribution is 7.89. The number of fused-ring (bicyclic) bond motifs is 2. The van der Waals surface area contributed by atoms with E-state index in [-0.39, 0.29) is 6.04 Å². The Morgan fingerprint density at radius 1 is 1.19 bits per heavy atom. The molecule has 1 aromatic carbocycles. The van der Waals surface area contributed by atoms with Crippen molar-refractivity contribution in [1.82, 2.24) is 10.0 Å². The predicted molar refractivity (Wildman–Crippen MR) is 83.4 cm³/mol. The van der Waals surface area contributed by atoms with Crippen LogP contribution in [0.15, 0.2) is 29.2 Å². The first kappa shape index (κ1) is 15.0. The molecule has 0 spiro atoms. The zero-order valence-electron chi connectivity index (χ0n) is 12.5. The normalized spacial score (nSPS) is 28.1. The summed E-state index contributed by atoms with van der Waals surface area (Å²) in [4.78, 5) is 0.425. The predicted octanol–water partition coefficient (Wildman–Crippen LogP) is 2.26. The van der Waals surface area contributed by atoms with Crippen LogP contribution in [0.4, 0.5) is 0 Å². The van der Waals surface area contributed by atoms with Crippen molar-refractivity contribution in [3.05, 3.63) is 29.8 Å². The Labute approximate surface area is 127 Å². The van der Waals surface area contributed by atoms with Gasteiger partial charge in [-0.2, -0.15) is 0 Å². The third kappa shape index (κ3) is 3.15. The number of hydrogen-bond acceptors (Lipinski definition) is 3. The Kier molecular flexibility index (Phi) is 4.33. The molecule has 0 saturated heterocycles. The summed E-state index contributed by atoms with van der Waals surface area (Å²) >= 11 is 0. The van der Waals surface area contributed by atoms with Crippen LogP contribution in [-0.4, -0.2) is 21.0 Å². The molecule has 2 aliphatic carbocycles. The van der Waals surface area contributed by atoms with E-state index in [1.54, 1.807) is 12.1 Å². The number of nitrogens with one attached hydrogen (secondary N) is 2. The van der Waals surface area contributed by atoms with Crippen LogP contribution < -0.4 is 10.0 Å². The monoisotopic (exact) mass is 308 g/mol. The smallest absolute Gasteiger partial charge is 0.241 e. The van der Waals surface area contributed by atoms with E-state index in [0.717, 1.165) is 24.4 Å². The van der Waals surface area contributed by atoms with E-state index < -0.39 is 10.0 Å². The number of benzene rings is 1. The van der Waals surface area contributed by atoms with Crippen LogP contribution in [0.3, 0.4) is 0 Å². The lowest BCUT2D eigenvalue weighted by Gasteiger charge is -2.23. The van der Waals surface area contributed by atoms with Crippen LogP contribution in [0.5, 0.6) is 0 Å². The molecule has 2 aliphatic rings. The second-order valence-corrected chi connectivity index (χ2v) is 7.97. The van der Waals surface area contributed by atoms with Crippen molar-refractivity contribution in [2.75, 3.05) is 6.54 Å². The fourth-order valence-corrected chi connectivity index (χ4v) is 5.38. The maximum absolute atomic E-state index is 12.7. The summed E-state index contributed by atoms with van der Waals surface area (Å²) < 4.78 is 28.4. The highest BCUT2D eigenvalue weighted by atomic mass is 32.2. The molecule has 4 nitrogen and oxygen atoms in total. The van der Waals surface area contributed by atoms with E-state index >= 15 is 0 Å². The molecule has 3 unspecified atom stereocenters. The molecule has 116 valence electrons. The van der Waals surface area contributed by atoms with Gasteiger partial charge in [0.1, 0.15) is 0 Å². The number of hydrogen-bond donors (Lipinski definition) is 2. The summed E-state index contributed by atoms with van der Waals surface area (Å²) in [6.07, 6.45) is 4.67. The highest BCUT2D eigenvalue weighted by Gasteiger charge is 2.41. The summed E-state index contributed by atoms with van der Waals surface area (Å²) in [6, 6.07) is 7.43. The molecule has 2 N–H and O–H groups in total. The first-order valence-corrected chi connectivity index (χ1v) is 9.39. The van der Waals surface area contributed by atoms with Gasteiger partial charge >= 0.3 is 0 Å². The molecule has 2 saturated carbocycles. The molecule has 1 aromatic rings. The molecule has 0 radical (unpaired) electrons. The Bertz CT molecular complexity index is 600. The fraction of sp³-hybridized carbons (Fsp3) is 0.625. The minimum Gasteiger partial charge on any atom is -0.313 e. The molecule has 21 heavy (non-hydrogen) atoms. The summed E-state index contributed by atoms with van der Waals surface area (Å²) in [5, 5.41) is 3.21. The Hall–Kier alpha value is -0.910. The van der Waals surface area contributed by atoms with Crippen molar-refractivity contribution in [2.24, 2.45) is 11.8 Å².